The smallest absolute Gasteiger partial charge is 0.118 e. The molecule has 0 fully saturated rings. The van der Waals surface area contributed by atoms with Crippen LogP contribution in [-0.2, 0) is 6.42 Å². The van der Waals surface area contributed by atoms with Gasteiger partial charge in [0.2, 0.25) is 0 Å². The summed E-state index contributed by atoms with van der Waals surface area (Å²) in [6.45, 7) is 8.00. The molecule has 0 unspecified atom stereocenters. The van der Waals surface area contributed by atoms with Crippen molar-refractivity contribution in [1.82, 2.24) is 9.55 Å². The molecule has 0 saturated heterocycles. The van der Waals surface area contributed by atoms with Crippen molar-refractivity contribution in [3.05, 3.63) is 59.9 Å². The zero-order valence-electron chi connectivity index (χ0n) is 12.7. The minimum Gasteiger partial charge on any atom is -0.296 e. The molecule has 2 nitrogen and oxygen atoms in total. The zero-order valence-corrected chi connectivity index (χ0v) is 12.7. The van der Waals surface area contributed by atoms with Crippen LogP contribution in [-0.4, -0.2) is 9.55 Å². The quantitative estimate of drug-likeness (QED) is 0.439. The Morgan fingerprint density at radius 2 is 1.50 bits per heavy atom. The van der Waals surface area contributed by atoms with E-state index in [-0.39, 0.29) is 0 Å². The molecular formula is C18H22N2. The summed E-state index contributed by atoms with van der Waals surface area (Å²) in [5.41, 5.74) is 4.96. The van der Waals surface area contributed by atoms with Gasteiger partial charge in [-0.15, -0.1) is 0 Å². The van der Waals surface area contributed by atoms with Crippen molar-refractivity contribution in [2.75, 3.05) is 0 Å². The second kappa shape index (κ2) is 6.38. The summed E-state index contributed by atoms with van der Waals surface area (Å²) in [6.07, 6.45) is 0.949. The molecule has 0 saturated carbocycles. The van der Waals surface area contributed by atoms with Gasteiger partial charge in [0.15, 0.2) is 0 Å². The Morgan fingerprint density at radius 3 is 2.30 bits per heavy atom. The third kappa shape index (κ3) is 2.22. The molecule has 0 aliphatic carbocycles. The molecule has 0 spiro atoms. The van der Waals surface area contributed by atoms with E-state index in [0.717, 1.165) is 17.8 Å². The summed E-state index contributed by atoms with van der Waals surface area (Å²) < 4.78 is 2.27. The molecule has 1 aliphatic rings. The Labute approximate surface area is 121 Å². The second-order valence-corrected chi connectivity index (χ2v) is 4.16. The Balaban J connectivity index is 0.000000340. The highest BCUT2D eigenvalue weighted by molar-refractivity contribution is 5.79. The van der Waals surface area contributed by atoms with Crippen LogP contribution in [0.1, 0.15) is 39.1 Å². The highest BCUT2D eigenvalue weighted by Crippen LogP contribution is 2.31. The molecule has 0 N–H and O–H groups in total. The number of nitrogens with zero attached hydrogens (tertiary/aromatic N) is 2. The van der Waals surface area contributed by atoms with Gasteiger partial charge in [0.1, 0.15) is 5.82 Å². The van der Waals surface area contributed by atoms with Gasteiger partial charge in [-0.1, -0.05) is 58.0 Å². The average molecular weight is 266 g/mol. The molecule has 0 bridgehead atoms. The van der Waals surface area contributed by atoms with Crippen LogP contribution in [0.3, 0.4) is 0 Å². The number of hydrogen-bond donors (Lipinski definition) is 0. The third-order valence-corrected chi connectivity index (χ3v) is 3.21. The molecule has 3 aromatic rings. The largest absolute Gasteiger partial charge is 0.296 e. The minimum absolute atomic E-state index is 0.949. The lowest BCUT2D eigenvalue weighted by Gasteiger charge is -2.02. The Bertz CT molecular complexity index is 695. The minimum atomic E-state index is 0.949. The summed E-state index contributed by atoms with van der Waals surface area (Å²) in [4.78, 5) is 4.67. The molecule has 104 valence electrons. The Hall–Kier alpha value is -2.09. The molecule has 4 rings (SSSR count). The lowest BCUT2D eigenvalue weighted by Crippen LogP contribution is -1.90. The van der Waals surface area contributed by atoms with Crippen molar-refractivity contribution in [3.8, 4) is 5.69 Å². The third-order valence-electron chi connectivity index (χ3n) is 3.21. The molecule has 0 amide bonds. The monoisotopic (exact) mass is 266 g/mol. The van der Waals surface area contributed by atoms with Crippen LogP contribution in [0.5, 0.6) is 0 Å². The first kappa shape index (κ1) is 14.3. The van der Waals surface area contributed by atoms with Crippen LogP contribution in [0.4, 0.5) is 0 Å². The molecular weight excluding hydrogens is 244 g/mol. The van der Waals surface area contributed by atoms with Crippen molar-refractivity contribution in [1.29, 1.82) is 0 Å². The summed E-state index contributed by atoms with van der Waals surface area (Å²) >= 11 is 0. The fourth-order valence-electron chi connectivity index (χ4n) is 2.51. The molecule has 1 aromatic heterocycles. The van der Waals surface area contributed by atoms with E-state index in [1.54, 1.807) is 0 Å². The molecule has 2 aromatic carbocycles. The predicted octanol–water partition coefficient (Wildman–Crippen LogP) is 4.98. The second-order valence-electron chi connectivity index (χ2n) is 4.16. The zero-order chi connectivity index (χ0) is 14.5. The summed E-state index contributed by atoms with van der Waals surface area (Å²) in [6, 6.07) is 16.8. The summed E-state index contributed by atoms with van der Waals surface area (Å²) in [5, 5.41) is 0. The number of para-hydroxylation sites is 3. The van der Waals surface area contributed by atoms with Gasteiger partial charge in [-0.05, 0) is 23.8 Å². The fraction of sp³-hybridized carbons (Fsp3) is 0.278. The van der Waals surface area contributed by atoms with Gasteiger partial charge in [-0.3, -0.25) is 4.57 Å². The summed E-state index contributed by atoms with van der Waals surface area (Å²) in [7, 11) is 0. The van der Waals surface area contributed by atoms with E-state index in [2.05, 4.69) is 52.0 Å². The van der Waals surface area contributed by atoms with Crippen LogP contribution in [0.15, 0.2) is 48.5 Å². The molecule has 1 aliphatic heterocycles. The number of hydrogen-bond acceptors (Lipinski definition) is 1. The van der Waals surface area contributed by atoms with Crippen molar-refractivity contribution in [2.45, 2.75) is 34.1 Å². The standard InChI is InChI=1S/C14H10N2.2C2H6/c1-3-7-12-10(5-1)9-14-15-11-6-2-4-8-13(11)16(12)14;2*1-2/h1-8H,9H2;2*1-2H3. The maximum absolute atomic E-state index is 4.67. The van der Waals surface area contributed by atoms with E-state index in [0.29, 0.717) is 0 Å². The molecule has 2 heterocycles. The highest BCUT2D eigenvalue weighted by Gasteiger charge is 2.21. The first-order valence-corrected chi connectivity index (χ1v) is 7.48. The summed E-state index contributed by atoms with van der Waals surface area (Å²) in [5.74, 6) is 1.16. The Kier molecular flexibility index (Phi) is 4.57. The van der Waals surface area contributed by atoms with Crippen molar-refractivity contribution >= 4 is 11.0 Å². The van der Waals surface area contributed by atoms with Crippen LogP contribution < -0.4 is 0 Å². The van der Waals surface area contributed by atoms with Crippen molar-refractivity contribution < 1.29 is 0 Å². The maximum atomic E-state index is 4.67. The van der Waals surface area contributed by atoms with Gasteiger partial charge in [0.25, 0.3) is 0 Å². The normalized spacial score (nSPS) is 10.8. The van der Waals surface area contributed by atoms with Crippen LogP contribution in [0.2, 0.25) is 0 Å². The molecule has 0 radical (unpaired) electrons. The fourth-order valence-corrected chi connectivity index (χ4v) is 2.51. The van der Waals surface area contributed by atoms with E-state index in [9.17, 15) is 0 Å². The average Bonchev–Trinajstić information content (AvgIpc) is 3.06. The lowest BCUT2D eigenvalue weighted by atomic mass is 10.1. The van der Waals surface area contributed by atoms with Crippen LogP contribution in [0.25, 0.3) is 16.7 Å². The lowest BCUT2D eigenvalue weighted by molar-refractivity contribution is 1.02. The van der Waals surface area contributed by atoms with Crippen molar-refractivity contribution in [2.24, 2.45) is 0 Å². The van der Waals surface area contributed by atoms with E-state index < -0.39 is 0 Å². The predicted molar refractivity (Wildman–Crippen MR) is 86.6 cm³/mol. The van der Waals surface area contributed by atoms with Crippen molar-refractivity contribution in [3.63, 3.8) is 0 Å². The molecule has 0 atom stereocenters. The first-order valence-electron chi connectivity index (χ1n) is 7.48. The number of imidazole rings is 1. The maximum Gasteiger partial charge on any atom is 0.118 e. The first-order chi connectivity index (χ1) is 9.93. The highest BCUT2D eigenvalue weighted by atomic mass is 15.1. The van der Waals surface area contributed by atoms with Gasteiger partial charge >= 0.3 is 0 Å². The van der Waals surface area contributed by atoms with Gasteiger partial charge < -0.3 is 0 Å². The van der Waals surface area contributed by atoms with E-state index in [4.69, 9.17) is 0 Å². The topological polar surface area (TPSA) is 17.8 Å². The number of benzene rings is 2. The number of fused-ring (bicyclic) bond motifs is 5. The van der Waals surface area contributed by atoms with Gasteiger partial charge in [0.05, 0.1) is 16.7 Å². The van der Waals surface area contributed by atoms with E-state index in [1.807, 2.05) is 33.8 Å². The van der Waals surface area contributed by atoms with E-state index >= 15 is 0 Å². The van der Waals surface area contributed by atoms with E-state index in [1.165, 1.54) is 16.8 Å². The molecule has 20 heavy (non-hydrogen) atoms. The number of aromatic nitrogens is 2. The van der Waals surface area contributed by atoms with Gasteiger partial charge in [-0.2, -0.15) is 0 Å². The molecule has 2 heteroatoms. The van der Waals surface area contributed by atoms with Crippen LogP contribution in [0, 0.1) is 0 Å². The van der Waals surface area contributed by atoms with Crippen LogP contribution >= 0.6 is 0 Å². The SMILES string of the molecule is CC.CC.c1ccc2c(c1)Cc1nc3ccccc3n1-2. The van der Waals surface area contributed by atoms with Gasteiger partial charge in [0, 0.05) is 6.42 Å². The van der Waals surface area contributed by atoms with Gasteiger partial charge in [-0.25, -0.2) is 4.98 Å². The Morgan fingerprint density at radius 1 is 0.850 bits per heavy atom. The number of rotatable bonds is 0.